The van der Waals surface area contributed by atoms with E-state index < -0.39 is 11.9 Å². The number of esters is 1. The molecule has 1 N–H and O–H groups in total. The van der Waals surface area contributed by atoms with Crippen molar-refractivity contribution in [1.29, 1.82) is 0 Å². The Morgan fingerprint density at radius 2 is 2.21 bits per heavy atom. The maximum Gasteiger partial charge on any atom is 0.351 e. The SMILES string of the molecule is CC(C)=CC(=O)OC1(O)COCCO1. The van der Waals surface area contributed by atoms with Crippen molar-refractivity contribution in [1.82, 2.24) is 0 Å². The van der Waals surface area contributed by atoms with Crippen molar-refractivity contribution in [2.75, 3.05) is 19.8 Å². The molecule has 0 aromatic heterocycles. The Bertz CT molecular complexity index is 236. The maximum absolute atomic E-state index is 11.1. The molecule has 1 aliphatic heterocycles. The zero-order chi connectivity index (χ0) is 10.6. The molecule has 0 aromatic carbocycles. The average Bonchev–Trinajstić information content (AvgIpc) is 2.02. The lowest BCUT2D eigenvalue weighted by atomic mass is 10.3. The van der Waals surface area contributed by atoms with E-state index in [1.54, 1.807) is 13.8 Å². The Kier molecular flexibility index (Phi) is 3.62. The van der Waals surface area contributed by atoms with Crippen molar-refractivity contribution in [3.05, 3.63) is 11.6 Å². The molecule has 0 aliphatic carbocycles. The van der Waals surface area contributed by atoms with Crippen LogP contribution in [0.5, 0.6) is 0 Å². The second kappa shape index (κ2) is 4.54. The van der Waals surface area contributed by atoms with Crippen LogP contribution in [0.25, 0.3) is 0 Å². The highest BCUT2D eigenvalue weighted by molar-refractivity contribution is 5.82. The van der Waals surface area contributed by atoms with E-state index in [0.29, 0.717) is 6.61 Å². The summed E-state index contributed by atoms with van der Waals surface area (Å²) in [7, 11) is 0. The van der Waals surface area contributed by atoms with E-state index in [1.165, 1.54) is 6.08 Å². The highest BCUT2D eigenvalue weighted by Gasteiger charge is 2.35. The zero-order valence-electron chi connectivity index (χ0n) is 8.28. The summed E-state index contributed by atoms with van der Waals surface area (Å²) in [4.78, 5) is 11.1. The van der Waals surface area contributed by atoms with Gasteiger partial charge in [-0.3, -0.25) is 0 Å². The third-order valence-corrected chi connectivity index (χ3v) is 1.51. The Morgan fingerprint density at radius 3 is 2.71 bits per heavy atom. The van der Waals surface area contributed by atoms with Gasteiger partial charge in [0.1, 0.15) is 6.61 Å². The predicted molar refractivity (Wildman–Crippen MR) is 47.2 cm³/mol. The summed E-state index contributed by atoms with van der Waals surface area (Å²) in [6.45, 7) is 3.95. The van der Waals surface area contributed by atoms with E-state index >= 15 is 0 Å². The van der Waals surface area contributed by atoms with Crippen LogP contribution >= 0.6 is 0 Å². The summed E-state index contributed by atoms with van der Waals surface area (Å²) < 4.78 is 14.5. The van der Waals surface area contributed by atoms with E-state index in [-0.39, 0.29) is 13.2 Å². The first-order chi connectivity index (χ1) is 6.52. The zero-order valence-corrected chi connectivity index (χ0v) is 8.28. The molecule has 1 aliphatic rings. The minimum absolute atomic E-state index is 0.157. The molecular weight excluding hydrogens is 188 g/mol. The molecule has 1 saturated heterocycles. The number of allylic oxidation sites excluding steroid dienone is 1. The molecule has 0 saturated carbocycles. The average molecular weight is 202 g/mol. The van der Waals surface area contributed by atoms with Crippen molar-refractivity contribution in [3.63, 3.8) is 0 Å². The molecule has 0 amide bonds. The topological polar surface area (TPSA) is 65.0 Å². The fourth-order valence-electron chi connectivity index (χ4n) is 0.984. The smallest absolute Gasteiger partial charge is 0.351 e. The van der Waals surface area contributed by atoms with Crippen LogP contribution in [0.2, 0.25) is 0 Å². The molecule has 1 rings (SSSR count). The van der Waals surface area contributed by atoms with Crippen LogP contribution in [-0.4, -0.2) is 36.9 Å². The fourth-order valence-corrected chi connectivity index (χ4v) is 0.984. The number of aliphatic hydroxyl groups is 1. The number of hydrogen-bond donors (Lipinski definition) is 1. The van der Waals surface area contributed by atoms with Gasteiger partial charge >= 0.3 is 11.9 Å². The van der Waals surface area contributed by atoms with Gasteiger partial charge in [0.15, 0.2) is 0 Å². The van der Waals surface area contributed by atoms with Crippen LogP contribution in [0.1, 0.15) is 13.8 Å². The molecule has 1 unspecified atom stereocenters. The molecule has 5 heteroatoms. The lowest BCUT2D eigenvalue weighted by Gasteiger charge is -2.30. The fraction of sp³-hybridized carbons (Fsp3) is 0.667. The Morgan fingerprint density at radius 1 is 1.50 bits per heavy atom. The van der Waals surface area contributed by atoms with Gasteiger partial charge in [-0.1, -0.05) is 5.57 Å². The molecule has 1 fully saturated rings. The largest absolute Gasteiger partial charge is 0.403 e. The van der Waals surface area contributed by atoms with Gasteiger partial charge in [-0.05, 0) is 13.8 Å². The van der Waals surface area contributed by atoms with Crippen LogP contribution in [0, 0.1) is 0 Å². The first kappa shape index (κ1) is 11.2. The third-order valence-electron chi connectivity index (χ3n) is 1.51. The van der Waals surface area contributed by atoms with Crippen LogP contribution in [0.3, 0.4) is 0 Å². The predicted octanol–water partition coefficient (Wildman–Crippen LogP) is 0.189. The van der Waals surface area contributed by atoms with Crippen molar-refractivity contribution in [3.8, 4) is 0 Å². The van der Waals surface area contributed by atoms with E-state index in [2.05, 4.69) is 4.74 Å². The molecule has 0 bridgehead atoms. The van der Waals surface area contributed by atoms with Gasteiger partial charge in [0, 0.05) is 6.08 Å². The lowest BCUT2D eigenvalue weighted by molar-refractivity contribution is -0.378. The van der Waals surface area contributed by atoms with Crippen molar-refractivity contribution < 1.29 is 24.1 Å². The first-order valence-corrected chi connectivity index (χ1v) is 4.34. The van der Waals surface area contributed by atoms with Gasteiger partial charge < -0.3 is 19.3 Å². The summed E-state index contributed by atoms with van der Waals surface area (Å²) >= 11 is 0. The molecule has 0 spiro atoms. The summed E-state index contributed by atoms with van der Waals surface area (Å²) in [6, 6.07) is 0. The second-order valence-corrected chi connectivity index (χ2v) is 3.26. The van der Waals surface area contributed by atoms with E-state index in [9.17, 15) is 9.90 Å². The van der Waals surface area contributed by atoms with E-state index in [1.807, 2.05) is 0 Å². The Hall–Kier alpha value is -0.910. The number of ether oxygens (including phenoxy) is 3. The molecule has 14 heavy (non-hydrogen) atoms. The molecule has 1 heterocycles. The minimum Gasteiger partial charge on any atom is -0.403 e. The number of rotatable bonds is 2. The van der Waals surface area contributed by atoms with Crippen molar-refractivity contribution >= 4 is 5.97 Å². The highest BCUT2D eigenvalue weighted by atomic mass is 16.8. The molecule has 0 radical (unpaired) electrons. The van der Waals surface area contributed by atoms with E-state index in [0.717, 1.165) is 5.57 Å². The van der Waals surface area contributed by atoms with Crippen LogP contribution in [0.4, 0.5) is 0 Å². The molecular formula is C9H14O5. The van der Waals surface area contributed by atoms with E-state index in [4.69, 9.17) is 9.47 Å². The maximum atomic E-state index is 11.1. The van der Waals surface area contributed by atoms with Gasteiger partial charge in [-0.15, -0.1) is 0 Å². The third kappa shape index (κ3) is 3.45. The minimum atomic E-state index is -1.93. The molecule has 80 valence electrons. The van der Waals surface area contributed by atoms with Gasteiger partial charge in [0.2, 0.25) is 0 Å². The molecule has 5 nitrogen and oxygen atoms in total. The van der Waals surface area contributed by atoms with Crippen molar-refractivity contribution in [2.45, 2.75) is 19.8 Å². The monoisotopic (exact) mass is 202 g/mol. The second-order valence-electron chi connectivity index (χ2n) is 3.26. The van der Waals surface area contributed by atoms with Crippen LogP contribution in [0.15, 0.2) is 11.6 Å². The van der Waals surface area contributed by atoms with Crippen molar-refractivity contribution in [2.24, 2.45) is 0 Å². The Labute approximate surface area is 82.3 Å². The van der Waals surface area contributed by atoms with Crippen LogP contribution in [-0.2, 0) is 19.0 Å². The van der Waals surface area contributed by atoms with Gasteiger partial charge in [-0.2, -0.15) is 0 Å². The van der Waals surface area contributed by atoms with Gasteiger partial charge in [0.05, 0.1) is 13.2 Å². The van der Waals surface area contributed by atoms with Crippen LogP contribution < -0.4 is 0 Å². The number of carbonyl (C=O) groups is 1. The molecule has 0 aromatic rings. The Balaban J connectivity index is 2.49. The first-order valence-electron chi connectivity index (χ1n) is 4.34. The normalized spacial score (nSPS) is 26.8. The summed E-state index contributed by atoms with van der Waals surface area (Å²) in [5, 5.41) is 9.54. The summed E-state index contributed by atoms with van der Waals surface area (Å²) in [5.74, 6) is -2.57. The lowest BCUT2D eigenvalue weighted by Crippen LogP contribution is -2.46. The standard InChI is InChI=1S/C9H14O5/c1-7(2)5-8(10)14-9(11)6-12-3-4-13-9/h5,11H,3-4,6H2,1-2H3. The number of carbonyl (C=O) groups excluding carboxylic acids is 1. The summed E-state index contributed by atoms with van der Waals surface area (Å²) in [5.41, 5.74) is 0.787. The molecule has 1 atom stereocenters. The van der Waals surface area contributed by atoms with Gasteiger partial charge in [-0.25, -0.2) is 4.79 Å². The number of hydrogen-bond acceptors (Lipinski definition) is 5. The quantitative estimate of drug-likeness (QED) is 0.393. The highest BCUT2D eigenvalue weighted by Crippen LogP contribution is 2.14. The van der Waals surface area contributed by atoms with Gasteiger partial charge in [0.25, 0.3) is 0 Å². The summed E-state index contributed by atoms with van der Waals surface area (Å²) in [6.07, 6.45) is 1.27.